The molecule has 2 unspecified atom stereocenters. The van der Waals surface area contributed by atoms with Crippen molar-refractivity contribution in [3.63, 3.8) is 0 Å². The Morgan fingerprint density at radius 1 is 1.09 bits per heavy atom. The Morgan fingerprint density at radius 3 is 2.62 bits per heavy atom. The molecular formula is C21H21F3N8. The number of hydrogen-bond donors (Lipinski definition) is 2. The zero-order valence-electron chi connectivity index (χ0n) is 17.3. The number of rotatable bonds is 4. The van der Waals surface area contributed by atoms with Gasteiger partial charge in [-0.3, -0.25) is 0 Å². The largest absolute Gasteiger partial charge is 0.406 e. The van der Waals surface area contributed by atoms with Gasteiger partial charge in [0.05, 0.1) is 5.69 Å². The molecule has 0 radical (unpaired) electrons. The Labute approximate surface area is 180 Å². The first-order valence-corrected chi connectivity index (χ1v) is 10.6. The van der Waals surface area contributed by atoms with E-state index in [1.54, 1.807) is 28.9 Å². The fraction of sp³-hybridized carbons (Fsp3) is 0.429. The number of pyridine rings is 1. The minimum atomic E-state index is -4.37. The van der Waals surface area contributed by atoms with Crippen LogP contribution < -0.4 is 11.1 Å². The summed E-state index contributed by atoms with van der Waals surface area (Å²) in [6.45, 7) is 0.389. The second-order valence-electron chi connectivity index (χ2n) is 8.81. The predicted octanol–water partition coefficient (Wildman–Crippen LogP) is 3.80. The van der Waals surface area contributed by atoms with Gasteiger partial charge in [-0.15, -0.1) is 5.10 Å². The van der Waals surface area contributed by atoms with Gasteiger partial charge in [0.25, 0.3) is 0 Å². The minimum Gasteiger partial charge on any atom is -0.382 e. The molecule has 4 aromatic heterocycles. The van der Waals surface area contributed by atoms with Crippen LogP contribution in [-0.4, -0.2) is 41.4 Å². The number of alkyl halides is 3. The number of nitrogens with two attached hydrogens (primary N) is 1. The molecule has 6 rings (SSSR count). The number of imidazole rings is 1. The average molecular weight is 442 g/mol. The Kier molecular flexibility index (Phi) is 3.96. The number of hydrogen-bond acceptors (Lipinski definition) is 6. The van der Waals surface area contributed by atoms with Gasteiger partial charge in [-0.1, -0.05) is 0 Å². The van der Waals surface area contributed by atoms with Gasteiger partial charge in [0.15, 0.2) is 11.5 Å². The number of aromatic nitrogens is 6. The van der Waals surface area contributed by atoms with E-state index in [0.717, 1.165) is 29.2 Å². The van der Waals surface area contributed by atoms with Crippen molar-refractivity contribution in [2.24, 2.45) is 11.8 Å². The smallest absolute Gasteiger partial charge is 0.382 e. The van der Waals surface area contributed by atoms with E-state index in [0.29, 0.717) is 34.3 Å². The van der Waals surface area contributed by atoms with Crippen molar-refractivity contribution in [2.45, 2.75) is 44.9 Å². The van der Waals surface area contributed by atoms with Crippen LogP contribution in [0.5, 0.6) is 0 Å². The molecule has 32 heavy (non-hydrogen) atoms. The van der Waals surface area contributed by atoms with Crippen molar-refractivity contribution < 1.29 is 13.2 Å². The number of aryl methyl sites for hydroxylation is 1. The number of fused-ring (bicyclic) bond motifs is 3. The van der Waals surface area contributed by atoms with E-state index < -0.39 is 12.7 Å². The van der Waals surface area contributed by atoms with Crippen molar-refractivity contribution in [1.29, 1.82) is 0 Å². The van der Waals surface area contributed by atoms with Crippen LogP contribution in [0.3, 0.4) is 0 Å². The molecule has 2 aliphatic carbocycles. The van der Waals surface area contributed by atoms with Gasteiger partial charge < -0.3 is 15.6 Å². The topological polar surface area (TPSA) is 98.9 Å². The summed E-state index contributed by atoms with van der Waals surface area (Å²) in [5, 5.41) is 7.92. The maximum atomic E-state index is 13.1. The lowest BCUT2D eigenvalue weighted by molar-refractivity contribution is -0.140. The zero-order chi connectivity index (χ0) is 22.2. The summed E-state index contributed by atoms with van der Waals surface area (Å²) in [5.41, 5.74) is 8.55. The highest BCUT2D eigenvalue weighted by molar-refractivity contribution is 5.88. The van der Waals surface area contributed by atoms with Gasteiger partial charge in [-0.05, 0) is 56.2 Å². The molecule has 2 atom stereocenters. The third-order valence-electron chi connectivity index (χ3n) is 6.51. The molecule has 166 valence electrons. The summed E-state index contributed by atoms with van der Waals surface area (Å²) < 4.78 is 41.9. The van der Waals surface area contributed by atoms with Gasteiger partial charge in [-0.2, -0.15) is 18.2 Å². The van der Waals surface area contributed by atoms with Crippen molar-refractivity contribution >= 4 is 28.4 Å². The molecule has 0 bridgehead atoms. The molecule has 3 N–H and O–H groups in total. The molecule has 0 aromatic carbocycles. The van der Waals surface area contributed by atoms with Gasteiger partial charge in [-0.25, -0.2) is 14.5 Å². The Hall–Kier alpha value is -3.37. The number of anilines is 2. The van der Waals surface area contributed by atoms with E-state index in [2.05, 4.69) is 25.4 Å². The second-order valence-corrected chi connectivity index (χ2v) is 8.81. The first-order valence-electron chi connectivity index (χ1n) is 10.6. The van der Waals surface area contributed by atoms with Crippen LogP contribution >= 0.6 is 0 Å². The molecule has 2 aliphatic rings. The molecule has 2 saturated carbocycles. The Balaban J connectivity index is 1.37. The molecule has 0 spiro atoms. The van der Waals surface area contributed by atoms with E-state index in [4.69, 9.17) is 5.73 Å². The van der Waals surface area contributed by atoms with Crippen LogP contribution in [0.25, 0.3) is 27.9 Å². The fourth-order valence-corrected chi connectivity index (χ4v) is 4.97. The maximum Gasteiger partial charge on any atom is 0.406 e. The van der Waals surface area contributed by atoms with E-state index >= 15 is 0 Å². The van der Waals surface area contributed by atoms with Gasteiger partial charge in [0, 0.05) is 17.8 Å². The Morgan fingerprint density at radius 2 is 1.88 bits per heavy atom. The molecule has 0 saturated heterocycles. The van der Waals surface area contributed by atoms with Crippen LogP contribution in [0.4, 0.5) is 24.9 Å². The van der Waals surface area contributed by atoms with Gasteiger partial charge >= 0.3 is 6.18 Å². The number of nitrogens with one attached hydrogen (secondary N) is 1. The average Bonchev–Trinajstić information content (AvgIpc) is 3.04. The number of nitrogens with zero attached hydrogens (tertiary/aromatic N) is 6. The summed E-state index contributed by atoms with van der Waals surface area (Å²) in [6.07, 6.45) is 0.986. The predicted molar refractivity (Wildman–Crippen MR) is 113 cm³/mol. The van der Waals surface area contributed by atoms with Crippen LogP contribution in [0.1, 0.15) is 25.1 Å². The molecular weight excluding hydrogens is 421 g/mol. The third kappa shape index (κ3) is 3.23. The summed E-state index contributed by atoms with van der Waals surface area (Å²) in [7, 11) is 0. The monoisotopic (exact) mass is 442 g/mol. The van der Waals surface area contributed by atoms with Crippen molar-refractivity contribution in [1.82, 2.24) is 29.1 Å². The van der Waals surface area contributed by atoms with E-state index in [1.807, 2.05) is 0 Å². The zero-order valence-corrected chi connectivity index (χ0v) is 17.3. The standard InChI is InChI=1S/C21H21F3N8/c1-10-26-16-3-2-15(28-19(16)31(10)9-21(22,23)24)14-4-5-32-17(14)18(25)29-20(30-32)27-13-7-11-6-12(11)8-13/h2-5,11-13H,6-9H2,1H3,(H3,25,27,29,30). The Bertz CT molecular complexity index is 1340. The highest BCUT2D eigenvalue weighted by Gasteiger charge is 2.46. The van der Waals surface area contributed by atoms with Crippen molar-refractivity contribution in [2.75, 3.05) is 11.1 Å². The van der Waals surface area contributed by atoms with Crippen LogP contribution in [-0.2, 0) is 6.54 Å². The summed E-state index contributed by atoms with van der Waals surface area (Å²) >= 11 is 0. The van der Waals surface area contributed by atoms with E-state index in [9.17, 15) is 13.2 Å². The summed E-state index contributed by atoms with van der Waals surface area (Å²) in [5.74, 6) is 2.69. The van der Waals surface area contributed by atoms with Gasteiger partial charge in [0.1, 0.15) is 23.4 Å². The highest BCUT2D eigenvalue weighted by atomic mass is 19.4. The normalized spacial score (nSPS) is 22.6. The van der Waals surface area contributed by atoms with Crippen LogP contribution in [0, 0.1) is 18.8 Å². The maximum absolute atomic E-state index is 13.1. The number of nitrogen functional groups attached to an aromatic ring is 1. The minimum absolute atomic E-state index is 0.175. The quantitative estimate of drug-likeness (QED) is 0.499. The van der Waals surface area contributed by atoms with Crippen LogP contribution in [0.15, 0.2) is 24.4 Å². The van der Waals surface area contributed by atoms with E-state index in [1.165, 1.54) is 13.3 Å². The van der Waals surface area contributed by atoms with Crippen molar-refractivity contribution in [3.05, 3.63) is 30.2 Å². The molecule has 4 heterocycles. The molecule has 4 aromatic rings. The second kappa shape index (κ2) is 6.57. The van der Waals surface area contributed by atoms with Crippen molar-refractivity contribution in [3.8, 4) is 11.3 Å². The van der Waals surface area contributed by atoms with Crippen LogP contribution in [0.2, 0.25) is 0 Å². The lowest BCUT2D eigenvalue weighted by Crippen LogP contribution is -2.20. The molecule has 0 aliphatic heterocycles. The lowest BCUT2D eigenvalue weighted by atomic mass is 10.1. The molecule has 2 fully saturated rings. The molecule has 11 heteroatoms. The lowest BCUT2D eigenvalue weighted by Gasteiger charge is -2.14. The fourth-order valence-electron chi connectivity index (χ4n) is 4.97. The summed E-state index contributed by atoms with van der Waals surface area (Å²) in [6, 6.07) is 5.55. The highest BCUT2D eigenvalue weighted by Crippen LogP contribution is 2.52. The first kappa shape index (κ1) is 19.3. The number of halogens is 3. The van der Waals surface area contributed by atoms with Gasteiger partial charge in [0.2, 0.25) is 5.95 Å². The first-order chi connectivity index (χ1) is 15.2. The van der Waals surface area contributed by atoms with E-state index in [-0.39, 0.29) is 17.3 Å². The summed E-state index contributed by atoms with van der Waals surface area (Å²) in [4.78, 5) is 13.1. The SMILES string of the molecule is Cc1nc2ccc(-c3ccn4nc(NC5CC6CC6C5)nc(N)c34)nc2n1CC(F)(F)F. The molecule has 0 amide bonds. The third-order valence-corrected chi connectivity index (χ3v) is 6.51. The molecule has 8 nitrogen and oxygen atoms in total.